The Labute approximate surface area is 119 Å². The van der Waals surface area contributed by atoms with Gasteiger partial charge in [0.25, 0.3) is 0 Å². The first kappa shape index (κ1) is 17.7. The lowest BCUT2D eigenvalue weighted by atomic mass is 10.0. The SMILES string of the molecule is COc1ccc(N(C)C(=O)C(C)C(C)N)cc1F.Cl. The van der Waals surface area contributed by atoms with Gasteiger partial charge in [-0.1, -0.05) is 6.92 Å². The van der Waals surface area contributed by atoms with E-state index >= 15 is 0 Å². The van der Waals surface area contributed by atoms with Crippen LogP contribution in [0.1, 0.15) is 13.8 Å². The molecule has 4 nitrogen and oxygen atoms in total. The van der Waals surface area contributed by atoms with Crippen LogP contribution in [0, 0.1) is 11.7 Å². The summed E-state index contributed by atoms with van der Waals surface area (Å²) in [5, 5.41) is 0. The molecule has 0 heterocycles. The third-order valence-electron chi connectivity index (χ3n) is 3.03. The first-order valence-electron chi connectivity index (χ1n) is 5.75. The molecular weight excluding hydrogens is 271 g/mol. The second-order valence-electron chi connectivity index (χ2n) is 4.36. The molecule has 0 saturated heterocycles. The number of benzene rings is 1. The molecule has 0 bridgehead atoms. The minimum Gasteiger partial charge on any atom is -0.494 e. The van der Waals surface area contributed by atoms with E-state index < -0.39 is 5.82 Å². The van der Waals surface area contributed by atoms with Gasteiger partial charge in [0, 0.05) is 24.8 Å². The molecule has 0 saturated carbocycles. The Balaban J connectivity index is 0.00000324. The summed E-state index contributed by atoms with van der Waals surface area (Å²) in [6.45, 7) is 3.52. The van der Waals surface area contributed by atoms with Gasteiger partial charge in [0.15, 0.2) is 11.6 Å². The zero-order valence-electron chi connectivity index (χ0n) is 11.5. The summed E-state index contributed by atoms with van der Waals surface area (Å²) in [6.07, 6.45) is 0. The van der Waals surface area contributed by atoms with Crippen LogP contribution < -0.4 is 15.4 Å². The van der Waals surface area contributed by atoms with E-state index in [0.29, 0.717) is 5.69 Å². The molecule has 2 atom stereocenters. The topological polar surface area (TPSA) is 55.6 Å². The van der Waals surface area contributed by atoms with Crippen molar-refractivity contribution in [3.63, 3.8) is 0 Å². The van der Waals surface area contributed by atoms with Crippen LogP contribution in [0.5, 0.6) is 5.75 Å². The van der Waals surface area contributed by atoms with Crippen molar-refractivity contribution in [1.82, 2.24) is 0 Å². The van der Waals surface area contributed by atoms with Gasteiger partial charge in [-0.2, -0.15) is 0 Å². The van der Waals surface area contributed by atoms with E-state index in [0.717, 1.165) is 0 Å². The molecule has 6 heteroatoms. The summed E-state index contributed by atoms with van der Waals surface area (Å²) in [5.74, 6) is -0.808. The first-order chi connectivity index (χ1) is 8.38. The molecule has 0 aliphatic heterocycles. The van der Waals surface area contributed by atoms with Gasteiger partial charge in [0.2, 0.25) is 5.91 Å². The highest BCUT2D eigenvalue weighted by Gasteiger charge is 2.22. The number of hydrogen-bond acceptors (Lipinski definition) is 3. The first-order valence-corrected chi connectivity index (χ1v) is 5.75. The van der Waals surface area contributed by atoms with Crippen LogP contribution in [-0.2, 0) is 4.79 Å². The van der Waals surface area contributed by atoms with Crippen LogP contribution in [0.25, 0.3) is 0 Å². The number of anilines is 1. The van der Waals surface area contributed by atoms with Crippen LogP contribution in [-0.4, -0.2) is 26.1 Å². The highest BCUT2D eigenvalue weighted by Crippen LogP contribution is 2.23. The number of nitrogens with two attached hydrogens (primary N) is 1. The Morgan fingerprint density at radius 2 is 2.00 bits per heavy atom. The fraction of sp³-hybridized carbons (Fsp3) is 0.462. The zero-order valence-corrected chi connectivity index (χ0v) is 12.3. The molecule has 2 unspecified atom stereocenters. The highest BCUT2D eigenvalue weighted by molar-refractivity contribution is 5.94. The Morgan fingerprint density at radius 3 is 2.42 bits per heavy atom. The average molecular weight is 291 g/mol. The number of rotatable bonds is 4. The highest BCUT2D eigenvalue weighted by atomic mass is 35.5. The Hall–Kier alpha value is -1.33. The molecule has 0 fully saturated rings. The lowest BCUT2D eigenvalue weighted by Crippen LogP contribution is -2.39. The van der Waals surface area contributed by atoms with Gasteiger partial charge < -0.3 is 15.4 Å². The van der Waals surface area contributed by atoms with E-state index in [1.807, 2.05) is 0 Å². The molecule has 0 radical (unpaired) electrons. The summed E-state index contributed by atoms with van der Waals surface area (Å²) in [7, 11) is 2.99. The number of methoxy groups -OCH3 is 1. The molecule has 0 aliphatic rings. The molecule has 1 rings (SSSR count). The maximum absolute atomic E-state index is 13.5. The Kier molecular flexibility index (Phi) is 6.79. The molecule has 0 aromatic heterocycles. The Morgan fingerprint density at radius 1 is 1.42 bits per heavy atom. The summed E-state index contributed by atoms with van der Waals surface area (Å²) in [5.41, 5.74) is 6.16. The summed E-state index contributed by atoms with van der Waals surface area (Å²) in [6, 6.07) is 4.15. The lowest BCUT2D eigenvalue weighted by molar-refractivity contribution is -0.122. The van der Waals surface area contributed by atoms with Crippen LogP contribution in [0.2, 0.25) is 0 Å². The van der Waals surface area contributed by atoms with Crippen molar-refractivity contribution < 1.29 is 13.9 Å². The van der Waals surface area contributed by atoms with Crippen molar-refractivity contribution >= 4 is 24.0 Å². The molecule has 108 valence electrons. The zero-order chi connectivity index (χ0) is 13.9. The van der Waals surface area contributed by atoms with Gasteiger partial charge >= 0.3 is 0 Å². The molecule has 1 amide bonds. The molecule has 1 aromatic carbocycles. The van der Waals surface area contributed by atoms with Gasteiger partial charge in [0.1, 0.15) is 0 Å². The van der Waals surface area contributed by atoms with E-state index in [1.54, 1.807) is 27.0 Å². The quantitative estimate of drug-likeness (QED) is 0.925. The molecule has 2 N–H and O–H groups in total. The summed E-state index contributed by atoms with van der Waals surface area (Å²) < 4.78 is 18.4. The largest absolute Gasteiger partial charge is 0.494 e. The minimum atomic E-state index is -0.497. The monoisotopic (exact) mass is 290 g/mol. The predicted molar refractivity (Wildman–Crippen MR) is 76.4 cm³/mol. The third kappa shape index (κ3) is 4.08. The predicted octanol–water partition coefficient (Wildman–Crippen LogP) is 2.20. The second-order valence-corrected chi connectivity index (χ2v) is 4.36. The van der Waals surface area contributed by atoms with E-state index in [-0.39, 0.29) is 36.0 Å². The molecule has 0 aliphatic carbocycles. The van der Waals surface area contributed by atoms with Crippen LogP contribution >= 0.6 is 12.4 Å². The van der Waals surface area contributed by atoms with Crippen LogP contribution in [0.4, 0.5) is 10.1 Å². The van der Waals surface area contributed by atoms with Gasteiger partial charge in [-0.15, -0.1) is 12.4 Å². The number of nitrogens with zero attached hydrogens (tertiary/aromatic N) is 1. The number of hydrogen-bond donors (Lipinski definition) is 1. The second kappa shape index (κ2) is 7.31. The normalized spacial score (nSPS) is 13.2. The van der Waals surface area contributed by atoms with Gasteiger partial charge in [-0.05, 0) is 19.1 Å². The van der Waals surface area contributed by atoms with Gasteiger partial charge in [0.05, 0.1) is 13.0 Å². The number of amides is 1. The van der Waals surface area contributed by atoms with Gasteiger partial charge in [-0.3, -0.25) is 4.79 Å². The minimum absolute atomic E-state index is 0. The summed E-state index contributed by atoms with van der Waals surface area (Å²) in [4.78, 5) is 13.4. The van der Waals surface area contributed by atoms with Crippen molar-refractivity contribution in [3.8, 4) is 5.75 Å². The number of halogens is 2. The molecule has 1 aromatic rings. The molecular formula is C13H20ClFN2O2. The average Bonchev–Trinajstić information content (AvgIpc) is 2.35. The van der Waals surface area contributed by atoms with Gasteiger partial charge in [-0.25, -0.2) is 4.39 Å². The van der Waals surface area contributed by atoms with Crippen molar-refractivity contribution in [2.75, 3.05) is 19.1 Å². The van der Waals surface area contributed by atoms with E-state index in [4.69, 9.17) is 10.5 Å². The van der Waals surface area contributed by atoms with Crippen molar-refractivity contribution in [2.45, 2.75) is 19.9 Å². The van der Waals surface area contributed by atoms with E-state index in [1.165, 1.54) is 24.1 Å². The lowest BCUT2D eigenvalue weighted by Gasteiger charge is -2.23. The number of carbonyl (C=O) groups excluding carboxylic acids is 1. The Bertz CT molecular complexity index is 441. The van der Waals surface area contributed by atoms with Crippen LogP contribution in [0.3, 0.4) is 0 Å². The van der Waals surface area contributed by atoms with Crippen LogP contribution in [0.15, 0.2) is 18.2 Å². The fourth-order valence-corrected chi connectivity index (χ4v) is 1.52. The maximum atomic E-state index is 13.5. The summed E-state index contributed by atoms with van der Waals surface area (Å²) >= 11 is 0. The fourth-order valence-electron chi connectivity index (χ4n) is 1.52. The number of ether oxygens (including phenoxy) is 1. The van der Waals surface area contributed by atoms with Crippen molar-refractivity contribution in [2.24, 2.45) is 11.7 Å². The smallest absolute Gasteiger partial charge is 0.231 e. The van der Waals surface area contributed by atoms with E-state index in [9.17, 15) is 9.18 Å². The van der Waals surface area contributed by atoms with Crippen molar-refractivity contribution in [1.29, 1.82) is 0 Å². The van der Waals surface area contributed by atoms with E-state index in [2.05, 4.69) is 0 Å². The number of carbonyl (C=O) groups is 1. The standard InChI is InChI=1S/C13H19FN2O2.ClH/c1-8(9(2)15)13(17)16(3)10-5-6-12(18-4)11(14)7-10;/h5-9H,15H2,1-4H3;1H. The molecule has 19 heavy (non-hydrogen) atoms. The molecule has 0 spiro atoms. The third-order valence-corrected chi connectivity index (χ3v) is 3.03. The maximum Gasteiger partial charge on any atom is 0.231 e. The van der Waals surface area contributed by atoms with Crippen molar-refractivity contribution in [3.05, 3.63) is 24.0 Å².